The molecule has 21 heavy (non-hydrogen) atoms. The Labute approximate surface area is 128 Å². The van der Waals surface area contributed by atoms with Crippen LogP contribution in [0.2, 0.25) is 0 Å². The average Bonchev–Trinajstić information content (AvgIpc) is 3.04. The molecule has 2 atom stereocenters. The maximum absolute atomic E-state index is 5.76. The number of hydrogen-bond donors (Lipinski definition) is 1. The molecule has 1 saturated heterocycles. The molecule has 116 valence electrons. The van der Waals surface area contributed by atoms with Crippen LogP contribution in [0.4, 0.5) is 0 Å². The second-order valence-electron chi connectivity index (χ2n) is 6.14. The Bertz CT molecular complexity index is 455. The number of fused-ring (bicyclic) bond motifs is 1. The SMILES string of the molecule is CCNC(CCC1CCCO1)c1ccc2c(c1)CCCO2. The molecule has 0 saturated carbocycles. The highest BCUT2D eigenvalue weighted by Gasteiger charge is 2.20. The summed E-state index contributed by atoms with van der Waals surface area (Å²) in [6.07, 6.45) is 7.53. The summed E-state index contributed by atoms with van der Waals surface area (Å²) in [5, 5.41) is 3.63. The standard InChI is InChI=1S/C18H27NO2/c1-2-19-17(9-8-16-6-4-11-20-16)14-7-10-18-15(13-14)5-3-12-21-18/h7,10,13,16-17,19H,2-6,8-9,11-12H2,1H3. The van der Waals surface area contributed by atoms with Crippen molar-refractivity contribution in [3.8, 4) is 5.75 Å². The smallest absolute Gasteiger partial charge is 0.122 e. The Balaban J connectivity index is 1.67. The second kappa shape index (κ2) is 7.28. The molecule has 0 radical (unpaired) electrons. The zero-order chi connectivity index (χ0) is 14.5. The van der Waals surface area contributed by atoms with Gasteiger partial charge in [0.05, 0.1) is 12.7 Å². The minimum Gasteiger partial charge on any atom is -0.493 e. The molecule has 0 bridgehead atoms. The fourth-order valence-electron chi connectivity index (χ4n) is 3.45. The minimum atomic E-state index is 0.437. The van der Waals surface area contributed by atoms with Gasteiger partial charge in [-0.2, -0.15) is 0 Å². The summed E-state index contributed by atoms with van der Waals surface area (Å²) in [6.45, 7) is 5.00. The molecule has 2 unspecified atom stereocenters. The zero-order valence-electron chi connectivity index (χ0n) is 13.1. The first-order valence-corrected chi connectivity index (χ1v) is 8.47. The fraction of sp³-hybridized carbons (Fsp3) is 0.667. The van der Waals surface area contributed by atoms with Crippen LogP contribution < -0.4 is 10.1 Å². The Morgan fingerprint density at radius 3 is 3.05 bits per heavy atom. The topological polar surface area (TPSA) is 30.5 Å². The van der Waals surface area contributed by atoms with Gasteiger partial charge in [-0.05, 0) is 62.3 Å². The van der Waals surface area contributed by atoms with Crippen LogP contribution in [0.5, 0.6) is 5.75 Å². The van der Waals surface area contributed by atoms with Crippen molar-refractivity contribution < 1.29 is 9.47 Å². The number of rotatable bonds is 6. The molecule has 3 rings (SSSR count). The molecule has 3 nitrogen and oxygen atoms in total. The molecule has 3 heteroatoms. The molecule has 1 fully saturated rings. The summed E-state index contributed by atoms with van der Waals surface area (Å²) in [5.41, 5.74) is 2.78. The maximum Gasteiger partial charge on any atom is 0.122 e. The van der Waals surface area contributed by atoms with Crippen LogP contribution in [0.15, 0.2) is 18.2 Å². The van der Waals surface area contributed by atoms with Crippen molar-refractivity contribution in [2.75, 3.05) is 19.8 Å². The first-order chi connectivity index (χ1) is 10.4. The van der Waals surface area contributed by atoms with E-state index in [0.29, 0.717) is 12.1 Å². The Kier molecular flexibility index (Phi) is 5.15. The number of aryl methyl sites for hydroxylation is 1. The molecule has 1 aromatic rings. The fourth-order valence-corrected chi connectivity index (χ4v) is 3.45. The third-order valence-corrected chi connectivity index (χ3v) is 4.59. The van der Waals surface area contributed by atoms with Gasteiger partial charge in [0.1, 0.15) is 5.75 Å². The van der Waals surface area contributed by atoms with Gasteiger partial charge in [0, 0.05) is 12.6 Å². The second-order valence-corrected chi connectivity index (χ2v) is 6.14. The average molecular weight is 289 g/mol. The molecule has 0 amide bonds. The first-order valence-electron chi connectivity index (χ1n) is 8.47. The Morgan fingerprint density at radius 1 is 1.29 bits per heavy atom. The van der Waals surface area contributed by atoms with Gasteiger partial charge in [-0.3, -0.25) is 0 Å². The van der Waals surface area contributed by atoms with Crippen molar-refractivity contribution >= 4 is 0 Å². The lowest BCUT2D eigenvalue weighted by Gasteiger charge is -2.23. The first kappa shape index (κ1) is 14.9. The van der Waals surface area contributed by atoms with E-state index in [4.69, 9.17) is 9.47 Å². The van der Waals surface area contributed by atoms with E-state index >= 15 is 0 Å². The molecule has 2 aliphatic heterocycles. The highest BCUT2D eigenvalue weighted by Crippen LogP contribution is 2.30. The van der Waals surface area contributed by atoms with E-state index < -0.39 is 0 Å². The van der Waals surface area contributed by atoms with Gasteiger partial charge < -0.3 is 14.8 Å². The Hall–Kier alpha value is -1.06. The quantitative estimate of drug-likeness (QED) is 0.867. The molecular weight excluding hydrogens is 262 g/mol. The van der Waals surface area contributed by atoms with Crippen LogP contribution >= 0.6 is 0 Å². The molecule has 1 aromatic carbocycles. The van der Waals surface area contributed by atoms with Gasteiger partial charge in [0.2, 0.25) is 0 Å². The van der Waals surface area contributed by atoms with Crippen molar-refractivity contribution in [3.05, 3.63) is 29.3 Å². The number of hydrogen-bond acceptors (Lipinski definition) is 3. The number of benzene rings is 1. The summed E-state index contributed by atoms with van der Waals surface area (Å²) >= 11 is 0. The van der Waals surface area contributed by atoms with E-state index in [1.807, 2.05) is 0 Å². The molecule has 1 N–H and O–H groups in total. The van der Waals surface area contributed by atoms with Gasteiger partial charge in [-0.15, -0.1) is 0 Å². The van der Waals surface area contributed by atoms with E-state index in [-0.39, 0.29) is 0 Å². The monoisotopic (exact) mass is 289 g/mol. The lowest BCUT2D eigenvalue weighted by Crippen LogP contribution is -2.23. The predicted octanol–water partition coefficient (Wildman–Crippen LogP) is 3.62. The van der Waals surface area contributed by atoms with Crippen molar-refractivity contribution in [2.24, 2.45) is 0 Å². The van der Waals surface area contributed by atoms with Gasteiger partial charge in [-0.1, -0.05) is 19.1 Å². The van der Waals surface area contributed by atoms with Crippen LogP contribution in [-0.2, 0) is 11.2 Å². The van der Waals surface area contributed by atoms with E-state index in [2.05, 4.69) is 30.4 Å². The maximum atomic E-state index is 5.76. The largest absolute Gasteiger partial charge is 0.493 e. The summed E-state index contributed by atoms with van der Waals surface area (Å²) in [5.74, 6) is 1.08. The van der Waals surface area contributed by atoms with Gasteiger partial charge in [0.25, 0.3) is 0 Å². The molecule has 0 spiro atoms. The van der Waals surface area contributed by atoms with Crippen molar-refractivity contribution in [1.82, 2.24) is 5.32 Å². The molecule has 2 aliphatic rings. The van der Waals surface area contributed by atoms with Gasteiger partial charge in [0.15, 0.2) is 0 Å². The minimum absolute atomic E-state index is 0.437. The molecule has 0 aromatic heterocycles. The van der Waals surface area contributed by atoms with Crippen LogP contribution in [-0.4, -0.2) is 25.9 Å². The van der Waals surface area contributed by atoms with E-state index in [9.17, 15) is 0 Å². The highest BCUT2D eigenvalue weighted by molar-refractivity contribution is 5.39. The molecule has 2 heterocycles. The summed E-state index contributed by atoms with van der Waals surface area (Å²) < 4.78 is 11.5. The van der Waals surface area contributed by atoms with E-state index in [1.54, 1.807) is 0 Å². The van der Waals surface area contributed by atoms with Crippen molar-refractivity contribution in [2.45, 2.75) is 57.6 Å². The highest BCUT2D eigenvalue weighted by atomic mass is 16.5. The van der Waals surface area contributed by atoms with Crippen LogP contribution in [0, 0.1) is 0 Å². The third-order valence-electron chi connectivity index (χ3n) is 4.59. The van der Waals surface area contributed by atoms with Crippen LogP contribution in [0.1, 0.15) is 56.2 Å². The van der Waals surface area contributed by atoms with Gasteiger partial charge in [-0.25, -0.2) is 0 Å². The van der Waals surface area contributed by atoms with Crippen LogP contribution in [0.3, 0.4) is 0 Å². The third kappa shape index (κ3) is 3.78. The molecule has 0 aliphatic carbocycles. The van der Waals surface area contributed by atoms with Gasteiger partial charge >= 0.3 is 0 Å². The van der Waals surface area contributed by atoms with E-state index in [0.717, 1.165) is 51.2 Å². The summed E-state index contributed by atoms with van der Waals surface area (Å²) in [4.78, 5) is 0. The normalized spacial score (nSPS) is 22.6. The number of ether oxygens (including phenoxy) is 2. The molecular formula is C18H27NO2. The lowest BCUT2D eigenvalue weighted by atomic mass is 9.95. The number of nitrogens with one attached hydrogen (secondary N) is 1. The Morgan fingerprint density at radius 2 is 2.24 bits per heavy atom. The summed E-state index contributed by atoms with van der Waals surface area (Å²) in [6, 6.07) is 7.16. The summed E-state index contributed by atoms with van der Waals surface area (Å²) in [7, 11) is 0. The lowest BCUT2D eigenvalue weighted by molar-refractivity contribution is 0.0996. The van der Waals surface area contributed by atoms with E-state index in [1.165, 1.54) is 24.0 Å². The predicted molar refractivity (Wildman–Crippen MR) is 84.9 cm³/mol. The zero-order valence-corrected chi connectivity index (χ0v) is 13.1. The van der Waals surface area contributed by atoms with Crippen molar-refractivity contribution in [3.63, 3.8) is 0 Å². The van der Waals surface area contributed by atoms with Crippen LogP contribution in [0.25, 0.3) is 0 Å². The van der Waals surface area contributed by atoms with Crippen molar-refractivity contribution in [1.29, 1.82) is 0 Å².